The number of aromatic nitrogens is 3. The molecule has 0 spiro atoms. The van der Waals surface area contributed by atoms with E-state index in [1.54, 1.807) is 34.8 Å². The summed E-state index contributed by atoms with van der Waals surface area (Å²) in [5.41, 5.74) is 0.535. The second-order valence-electron chi connectivity index (χ2n) is 8.08. The van der Waals surface area contributed by atoms with Crippen molar-refractivity contribution in [2.24, 2.45) is 0 Å². The molecule has 2 aromatic heterocycles. The Morgan fingerprint density at radius 2 is 1.84 bits per heavy atom. The molecule has 3 aromatic rings. The van der Waals surface area contributed by atoms with Gasteiger partial charge in [-0.2, -0.15) is 5.10 Å². The third kappa shape index (κ3) is 5.85. The number of halogens is 1. The van der Waals surface area contributed by atoms with Crippen molar-refractivity contribution in [1.82, 2.24) is 14.8 Å². The van der Waals surface area contributed by atoms with E-state index >= 15 is 0 Å². The number of esters is 1. The molecule has 0 unspecified atom stereocenters. The molecular weight excluding hydrogens is 434 g/mol. The number of rotatable bonds is 6. The third-order valence-corrected chi connectivity index (χ3v) is 4.47. The van der Waals surface area contributed by atoms with Crippen LogP contribution in [0.15, 0.2) is 47.4 Å². The first-order valence-electron chi connectivity index (χ1n) is 9.84. The molecule has 168 valence electrons. The molecule has 0 atom stereocenters. The van der Waals surface area contributed by atoms with Crippen molar-refractivity contribution in [1.29, 1.82) is 0 Å². The molecule has 0 aliphatic rings. The number of aryl methyl sites for hydroxylation is 1. The maximum Gasteiger partial charge on any atom is 0.340 e. The molecule has 2 heterocycles. The summed E-state index contributed by atoms with van der Waals surface area (Å²) in [6.07, 6.45) is 1.29. The third-order valence-electron chi connectivity index (χ3n) is 4.20. The van der Waals surface area contributed by atoms with E-state index in [9.17, 15) is 9.59 Å². The molecule has 0 fully saturated rings. The first-order valence-corrected chi connectivity index (χ1v) is 10.2. The number of hydrogen-bond donors (Lipinski definition) is 0. The zero-order chi connectivity index (χ0) is 23.5. The molecule has 8 nitrogen and oxygen atoms in total. The smallest absolute Gasteiger partial charge is 0.340 e. The summed E-state index contributed by atoms with van der Waals surface area (Å²) in [7, 11) is 1.59. The first kappa shape index (κ1) is 23.3. The monoisotopic (exact) mass is 457 g/mol. The minimum atomic E-state index is -0.651. The van der Waals surface area contributed by atoms with Gasteiger partial charge in [-0.15, -0.1) is 0 Å². The van der Waals surface area contributed by atoms with Gasteiger partial charge >= 0.3 is 11.5 Å². The van der Waals surface area contributed by atoms with Gasteiger partial charge in [0, 0.05) is 12.3 Å². The second-order valence-corrected chi connectivity index (χ2v) is 8.48. The van der Waals surface area contributed by atoms with Crippen molar-refractivity contribution in [3.05, 3.63) is 74.8 Å². The highest BCUT2D eigenvalue weighted by molar-refractivity contribution is 6.32. The van der Waals surface area contributed by atoms with Crippen LogP contribution < -0.4 is 15.0 Å². The van der Waals surface area contributed by atoms with Gasteiger partial charge in [0.1, 0.15) is 16.4 Å². The summed E-state index contributed by atoms with van der Waals surface area (Å²) < 4.78 is 17.4. The molecule has 0 saturated heterocycles. The Morgan fingerprint density at radius 1 is 1.16 bits per heavy atom. The molecule has 0 amide bonds. The maximum atomic E-state index is 12.9. The molecule has 1 aromatic carbocycles. The molecule has 0 N–H and O–H groups in total. The number of carbonyl (C=O) groups excluding carboxylic acids is 1. The van der Waals surface area contributed by atoms with E-state index in [0.717, 1.165) is 11.3 Å². The van der Waals surface area contributed by atoms with Crippen molar-refractivity contribution in [2.75, 3.05) is 7.11 Å². The molecule has 0 aliphatic heterocycles. The fourth-order valence-electron chi connectivity index (χ4n) is 2.78. The van der Waals surface area contributed by atoms with Gasteiger partial charge in [-0.1, -0.05) is 23.7 Å². The average molecular weight is 458 g/mol. The molecule has 0 saturated carbocycles. The summed E-state index contributed by atoms with van der Waals surface area (Å²) in [5.74, 6) is 0.182. The van der Waals surface area contributed by atoms with Gasteiger partial charge in [0.15, 0.2) is 5.75 Å². The van der Waals surface area contributed by atoms with E-state index in [4.69, 9.17) is 25.8 Å². The van der Waals surface area contributed by atoms with Gasteiger partial charge in [-0.3, -0.25) is 4.79 Å². The largest absolute Gasteiger partial charge is 0.497 e. The van der Waals surface area contributed by atoms with Gasteiger partial charge in [0.05, 0.1) is 24.9 Å². The van der Waals surface area contributed by atoms with Gasteiger partial charge in [-0.05, 0) is 51.5 Å². The second kappa shape index (κ2) is 9.40. The Balaban J connectivity index is 1.84. The predicted octanol–water partition coefficient (Wildman–Crippen LogP) is 4.40. The molecule has 0 aliphatic carbocycles. The quantitative estimate of drug-likeness (QED) is 0.506. The lowest BCUT2D eigenvalue weighted by atomic mass is 10.2. The van der Waals surface area contributed by atoms with Crippen LogP contribution in [0.1, 0.15) is 42.4 Å². The zero-order valence-corrected chi connectivity index (χ0v) is 19.3. The van der Waals surface area contributed by atoms with Crippen molar-refractivity contribution in [3.63, 3.8) is 0 Å². The Kier molecular flexibility index (Phi) is 6.84. The summed E-state index contributed by atoms with van der Waals surface area (Å²) in [5, 5.41) is 4.36. The molecule has 0 radical (unpaired) electrons. The van der Waals surface area contributed by atoms with Crippen molar-refractivity contribution >= 4 is 17.6 Å². The molecule has 0 bridgehead atoms. The number of benzene rings is 1. The summed E-state index contributed by atoms with van der Waals surface area (Å²) >= 11 is 6.25. The number of methoxy groups -OCH3 is 1. The van der Waals surface area contributed by atoms with E-state index in [2.05, 4.69) is 10.1 Å². The van der Waals surface area contributed by atoms with Crippen LogP contribution in [0.5, 0.6) is 17.4 Å². The predicted molar refractivity (Wildman–Crippen MR) is 120 cm³/mol. The number of nitrogens with zero attached hydrogens (tertiary/aromatic N) is 3. The topological polar surface area (TPSA) is 92.5 Å². The van der Waals surface area contributed by atoms with Crippen LogP contribution in [0.2, 0.25) is 5.02 Å². The highest BCUT2D eigenvalue weighted by Crippen LogP contribution is 2.27. The van der Waals surface area contributed by atoms with Gasteiger partial charge < -0.3 is 14.2 Å². The molecule has 3 rings (SSSR count). The Morgan fingerprint density at radius 3 is 2.44 bits per heavy atom. The van der Waals surface area contributed by atoms with Crippen LogP contribution in [-0.2, 0) is 11.3 Å². The van der Waals surface area contributed by atoms with Crippen LogP contribution in [-0.4, -0.2) is 33.4 Å². The van der Waals surface area contributed by atoms with E-state index < -0.39 is 17.1 Å². The lowest BCUT2D eigenvalue weighted by molar-refractivity contribution is 0.00690. The van der Waals surface area contributed by atoms with Crippen LogP contribution in [0.4, 0.5) is 0 Å². The van der Waals surface area contributed by atoms with Gasteiger partial charge in [0.25, 0.3) is 0 Å². The van der Waals surface area contributed by atoms with Crippen LogP contribution >= 0.6 is 11.6 Å². The number of pyridine rings is 1. The molecular formula is C23H24ClN3O5. The summed E-state index contributed by atoms with van der Waals surface area (Å²) in [6.45, 7) is 7.29. The minimum absolute atomic E-state index is 0.00215. The molecule has 32 heavy (non-hydrogen) atoms. The van der Waals surface area contributed by atoms with Crippen molar-refractivity contribution in [3.8, 4) is 17.4 Å². The zero-order valence-electron chi connectivity index (χ0n) is 18.5. The number of hydrogen-bond acceptors (Lipinski definition) is 7. The summed E-state index contributed by atoms with van der Waals surface area (Å²) in [6, 6.07) is 10.2. The SMILES string of the molecule is COc1ccc(Cn2nc(C)cc(Oc3ncc(C(=O)OC(C)(C)C)cc3Cl)c2=O)cc1. The van der Waals surface area contributed by atoms with Crippen LogP contribution in [0, 0.1) is 6.92 Å². The lowest BCUT2D eigenvalue weighted by Gasteiger charge is -2.19. The molecule has 9 heteroatoms. The normalized spacial score (nSPS) is 11.2. The highest BCUT2D eigenvalue weighted by Gasteiger charge is 2.20. The standard InChI is InChI=1S/C23H24ClN3O5/c1-14-10-19(21(28)27(26-14)13-15-6-8-17(30-5)9-7-15)31-20-18(24)11-16(12-25-20)22(29)32-23(2,3)4/h6-12H,13H2,1-5H3. The van der Waals surface area contributed by atoms with Crippen LogP contribution in [0.3, 0.4) is 0 Å². The maximum absolute atomic E-state index is 12.9. The fourth-order valence-corrected chi connectivity index (χ4v) is 2.99. The minimum Gasteiger partial charge on any atom is -0.497 e. The highest BCUT2D eigenvalue weighted by atomic mass is 35.5. The first-order chi connectivity index (χ1) is 15.1. The van der Waals surface area contributed by atoms with Crippen molar-refractivity contribution in [2.45, 2.75) is 39.8 Å². The number of carbonyl (C=O) groups is 1. The van der Waals surface area contributed by atoms with E-state index in [1.165, 1.54) is 23.0 Å². The Hall–Kier alpha value is -3.39. The van der Waals surface area contributed by atoms with Crippen LogP contribution in [0.25, 0.3) is 0 Å². The fraction of sp³-hybridized carbons (Fsp3) is 0.304. The van der Waals surface area contributed by atoms with Gasteiger partial charge in [-0.25, -0.2) is 14.5 Å². The van der Waals surface area contributed by atoms with E-state index in [0.29, 0.717) is 5.69 Å². The van der Waals surface area contributed by atoms with E-state index in [-0.39, 0.29) is 28.8 Å². The van der Waals surface area contributed by atoms with Crippen molar-refractivity contribution < 1.29 is 19.0 Å². The Labute approximate surface area is 190 Å². The average Bonchev–Trinajstić information content (AvgIpc) is 2.72. The summed E-state index contributed by atoms with van der Waals surface area (Å²) in [4.78, 5) is 29.2. The Bertz CT molecular complexity index is 1180. The lowest BCUT2D eigenvalue weighted by Crippen LogP contribution is -2.25. The number of ether oxygens (including phenoxy) is 3. The van der Waals surface area contributed by atoms with Gasteiger partial charge in [0.2, 0.25) is 5.88 Å². The van der Waals surface area contributed by atoms with E-state index in [1.807, 2.05) is 24.3 Å².